The Bertz CT molecular complexity index is 290. The topological polar surface area (TPSA) is 21.3 Å². The lowest BCUT2D eigenvalue weighted by Gasteiger charge is -2.14. The molecule has 0 spiro atoms. The normalized spacial score (nSPS) is 17.6. The van der Waals surface area contributed by atoms with Gasteiger partial charge >= 0.3 is 0 Å². The first-order valence-corrected chi connectivity index (χ1v) is 5.20. The Kier molecular flexibility index (Phi) is 2.62. The van der Waals surface area contributed by atoms with Crippen molar-refractivity contribution in [1.29, 1.82) is 0 Å². The molecule has 1 aromatic rings. The van der Waals surface area contributed by atoms with E-state index >= 15 is 0 Å². The van der Waals surface area contributed by atoms with E-state index in [4.69, 9.17) is 4.74 Å². The average Bonchev–Trinajstić information content (AvgIpc) is 3.02. The molecule has 2 nitrogen and oxygen atoms in total. The van der Waals surface area contributed by atoms with Crippen LogP contribution in [0.1, 0.15) is 19.8 Å². The van der Waals surface area contributed by atoms with Crippen LogP contribution in [-0.4, -0.2) is 13.2 Å². The number of benzene rings is 1. The van der Waals surface area contributed by atoms with Crippen LogP contribution in [0.3, 0.4) is 0 Å². The van der Waals surface area contributed by atoms with Crippen LogP contribution in [0.5, 0.6) is 5.75 Å². The fourth-order valence-electron chi connectivity index (χ4n) is 1.66. The summed E-state index contributed by atoms with van der Waals surface area (Å²) in [5.41, 5.74) is 1.19. The van der Waals surface area contributed by atoms with Gasteiger partial charge in [0.1, 0.15) is 5.75 Å². The van der Waals surface area contributed by atoms with Gasteiger partial charge in [-0.15, -0.1) is 0 Å². The van der Waals surface area contributed by atoms with Crippen molar-refractivity contribution in [1.82, 2.24) is 0 Å². The van der Waals surface area contributed by atoms with Crippen LogP contribution >= 0.6 is 0 Å². The predicted octanol–water partition coefficient (Wildman–Crippen LogP) is 2.91. The van der Waals surface area contributed by atoms with Gasteiger partial charge in [-0.3, -0.25) is 0 Å². The lowest BCUT2D eigenvalue weighted by molar-refractivity contribution is 0.415. The van der Waals surface area contributed by atoms with E-state index in [1.807, 2.05) is 12.1 Å². The highest BCUT2D eigenvalue weighted by Gasteiger charge is 2.27. The summed E-state index contributed by atoms with van der Waals surface area (Å²) in [6.45, 7) is 2.25. The first-order chi connectivity index (χ1) is 6.79. The minimum absolute atomic E-state index is 0.600. The van der Waals surface area contributed by atoms with Crippen molar-refractivity contribution in [2.45, 2.75) is 25.8 Å². The van der Waals surface area contributed by atoms with Gasteiger partial charge < -0.3 is 10.1 Å². The van der Waals surface area contributed by atoms with Gasteiger partial charge in [-0.1, -0.05) is 0 Å². The molecule has 2 heteroatoms. The Hall–Kier alpha value is -1.18. The van der Waals surface area contributed by atoms with Crippen molar-refractivity contribution in [3.8, 4) is 5.75 Å². The third-order valence-electron chi connectivity index (χ3n) is 2.81. The smallest absolute Gasteiger partial charge is 0.119 e. The van der Waals surface area contributed by atoms with Crippen molar-refractivity contribution in [3.63, 3.8) is 0 Å². The zero-order chi connectivity index (χ0) is 9.97. The summed E-state index contributed by atoms with van der Waals surface area (Å²) in [7, 11) is 1.69. The molecule has 1 aromatic carbocycles. The van der Waals surface area contributed by atoms with Crippen LogP contribution in [0.2, 0.25) is 0 Å². The summed E-state index contributed by atoms with van der Waals surface area (Å²) in [4.78, 5) is 0. The lowest BCUT2D eigenvalue weighted by atomic mass is 10.2. The molecule has 0 radical (unpaired) electrons. The van der Waals surface area contributed by atoms with Crippen LogP contribution in [-0.2, 0) is 0 Å². The molecule has 0 heterocycles. The number of ether oxygens (including phenoxy) is 1. The molecule has 1 N–H and O–H groups in total. The molecule has 1 fully saturated rings. The fourth-order valence-corrected chi connectivity index (χ4v) is 1.66. The monoisotopic (exact) mass is 191 g/mol. The molecule has 0 aliphatic heterocycles. The van der Waals surface area contributed by atoms with E-state index < -0.39 is 0 Å². The van der Waals surface area contributed by atoms with Gasteiger partial charge in [0.25, 0.3) is 0 Å². The number of rotatable bonds is 4. The van der Waals surface area contributed by atoms with E-state index in [-0.39, 0.29) is 0 Å². The number of anilines is 1. The Morgan fingerprint density at radius 3 is 2.43 bits per heavy atom. The number of nitrogens with one attached hydrogen (secondary N) is 1. The Balaban J connectivity index is 1.95. The molecule has 0 aromatic heterocycles. The molecule has 1 aliphatic carbocycles. The molecule has 0 amide bonds. The summed E-state index contributed by atoms with van der Waals surface area (Å²) >= 11 is 0. The summed E-state index contributed by atoms with van der Waals surface area (Å²) in [6.07, 6.45) is 2.76. The highest BCUT2D eigenvalue weighted by atomic mass is 16.5. The highest BCUT2D eigenvalue weighted by molar-refractivity contribution is 5.47. The third-order valence-corrected chi connectivity index (χ3v) is 2.81. The molecule has 0 unspecified atom stereocenters. The maximum atomic E-state index is 5.11. The van der Waals surface area contributed by atoms with Crippen molar-refractivity contribution in [2.75, 3.05) is 12.4 Å². The van der Waals surface area contributed by atoms with Crippen LogP contribution in [0.15, 0.2) is 24.3 Å². The summed E-state index contributed by atoms with van der Waals surface area (Å²) < 4.78 is 5.11. The molecule has 2 rings (SSSR count). The van der Waals surface area contributed by atoms with Gasteiger partial charge in [0.05, 0.1) is 7.11 Å². The molecule has 76 valence electrons. The Labute approximate surface area is 85.3 Å². The fraction of sp³-hybridized carbons (Fsp3) is 0.500. The van der Waals surface area contributed by atoms with Gasteiger partial charge in [-0.05, 0) is 49.9 Å². The van der Waals surface area contributed by atoms with Crippen LogP contribution in [0.4, 0.5) is 5.69 Å². The van der Waals surface area contributed by atoms with Gasteiger partial charge in [0.2, 0.25) is 0 Å². The van der Waals surface area contributed by atoms with Gasteiger partial charge in [0, 0.05) is 11.7 Å². The van der Waals surface area contributed by atoms with Crippen molar-refractivity contribution < 1.29 is 4.74 Å². The molecule has 1 aliphatic rings. The molecule has 14 heavy (non-hydrogen) atoms. The first kappa shape index (κ1) is 9.38. The Morgan fingerprint density at radius 2 is 1.93 bits per heavy atom. The van der Waals surface area contributed by atoms with E-state index in [1.54, 1.807) is 7.11 Å². The molecule has 1 saturated carbocycles. The SMILES string of the molecule is COc1ccc(N[C@@H](C)C2CC2)cc1. The molecule has 1 atom stereocenters. The minimum atomic E-state index is 0.600. The second kappa shape index (κ2) is 3.91. The third kappa shape index (κ3) is 2.19. The largest absolute Gasteiger partial charge is 0.497 e. The van der Waals surface area contributed by atoms with E-state index in [0.29, 0.717) is 6.04 Å². The van der Waals surface area contributed by atoms with E-state index in [0.717, 1.165) is 11.7 Å². The number of hydrogen-bond donors (Lipinski definition) is 1. The van der Waals surface area contributed by atoms with E-state index in [2.05, 4.69) is 24.4 Å². The Morgan fingerprint density at radius 1 is 1.29 bits per heavy atom. The van der Waals surface area contributed by atoms with Crippen LogP contribution in [0.25, 0.3) is 0 Å². The van der Waals surface area contributed by atoms with Crippen molar-refractivity contribution in [3.05, 3.63) is 24.3 Å². The average molecular weight is 191 g/mol. The molecular formula is C12H17NO. The number of methoxy groups -OCH3 is 1. The van der Waals surface area contributed by atoms with E-state index in [1.165, 1.54) is 18.5 Å². The molecule has 0 saturated heterocycles. The number of hydrogen-bond acceptors (Lipinski definition) is 2. The highest BCUT2D eigenvalue weighted by Crippen LogP contribution is 2.34. The second-order valence-corrected chi connectivity index (χ2v) is 4.00. The van der Waals surface area contributed by atoms with Gasteiger partial charge in [-0.2, -0.15) is 0 Å². The van der Waals surface area contributed by atoms with Gasteiger partial charge in [0.15, 0.2) is 0 Å². The van der Waals surface area contributed by atoms with Crippen molar-refractivity contribution in [2.24, 2.45) is 5.92 Å². The van der Waals surface area contributed by atoms with E-state index in [9.17, 15) is 0 Å². The van der Waals surface area contributed by atoms with Crippen LogP contribution < -0.4 is 10.1 Å². The summed E-state index contributed by atoms with van der Waals surface area (Å²) in [6, 6.07) is 8.71. The molecular weight excluding hydrogens is 174 g/mol. The summed E-state index contributed by atoms with van der Waals surface area (Å²) in [5.74, 6) is 1.80. The van der Waals surface area contributed by atoms with Gasteiger partial charge in [-0.25, -0.2) is 0 Å². The first-order valence-electron chi connectivity index (χ1n) is 5.20. The second-order valence-electron chi connectivity index (χ2n) is 4.00. The maximum Gasteiger partial charge on any atom is 0.119 e. The van der Waals surface area contributed by atoms with Crippen LogP contribution in [0, 0.1) is 5.92 Å². The molecule has 0 bridgehead atoms. The zero-order valence-corrected chi connectivity index (χ0v) is 8.79. The lowest BCUT2D eigenvalue weighted by Crippen LogP contribution is -2.16. The quantitative estimate of drug-likeness (QED) is 0.790. The summed E-state index contributed by atoms with van der Waals surface area (Å²) in [5, 5.41) is 3.50. The zero-order valence-electron chi connectivity index (χ0n) is 8.79. The predicted molar refractivity (Wildman–Crippen MR) is 58.8 cm³/mol. The standard InChI is InChI=1S/C12H17NO/c1-9(10-3-4-10)13-11-5-7-12(14-2)8-6-11/h5-10,13H,3-4H2,1-2H3/t9-/m0/s1. The minimum Gasteiger partial charge on any atom is -0.497 e. The van der Waals surface area contributed by atoms with Crippen molar-refractivity contribution >= 4 is 5.69 Å². The maximum absolute atomic E-state index is 5.11.